The Kier molecular flexibility index (Phi) is 5.46. The van der Waals surface area contributed by atoms with Gasteiger partial charge < -0.3 is 19.7 Å². The molecule has 1 heterocycles. The molecule has 0 saturated heterocycles. The molecule has 0 bridgehead atoms. The zero-order valence-electron chi connectivity index (χ0n) is 14.7. The van der Waals surface area contributed by atoms with Crippen molar-refractivity contribution in [2.45, 2.75) is 38.6 Å². The maximum absolute atomic E-state index is 12.3. The van der Waals surface area contributed by atoms with Crippen LogP contribution in [0.15, 0.2) is 34.9 Å². The van der Waals surface area contributed by atoms with Crippen LogP contribution < -0.4 is 10.1 Å². The molecule has 0 spiro atoms. The second-order valence-electron chi connectivity index (χ2n) is 6.73. The third-order valence-corrected chi connectivity index (χ3v) is 3.78. The van der Waals surface area contributed by atoms with Crippen molar-refractivity contribution in [1.82, 2.24) is 10.5 Å². The third kappa shape index (κ3) is 4.82. The van der Waals surface area contributed by atoms with Crippen molar-refractivity contribution in [3.63, 3.8) is 0 Å². The van der Waals surface area contributed by atoms with Gasteiger partial charge in [-0.1, -0.05) is 45.0 Å². The molecule has 1 amide bonds. The van der Waals surface area contributed by atoms with E-state index in [1.165, 1.54) is 13.2 Å². The van der Waals surface area contributed by atoms with Crippen molar-refractivity contribution >= 4 is 11.9 Å². The highest BCUT2D eigenvalue weighted by Gasteiger charge is 2.22. The predicted octanol–water partition coefficient (Wildman–Crippen LogP) is 2.93. The van der Waals surface area contributed by atoms with Crippen LogP contribution in [-0.4, -0.2) is 29.2 Å². The summed E-state index contributed by atoms with van der Waals surface area (Å²) in [5, 5.41) is 15.4. The van der Waals surface area contributed by atoms with Crippen molar-refractivity contribution in [2.75, 3.05) is 7.11 Å². The first-order valence-electron chi connectivity index (χ1n) is 7.84. The molecule has 0 aliphatic carbocycles. The zero-order valence-corrected chi connectivity index (χ0v) is 14.7. The number of methoxy groups -OCH3 is 1. The molecule has 134 valence electrons. The van der Waals surface area contributed by atoms with Crippen molar-refractivity contribution in [1.29, 1.82) is 0 Å². The summed E-state index contributed by atoms with van der Waals surface area (Å²) in [4.78, 5) is 23.4. The standard InChI is InChI=1S/C18H22N2O5/c1-18(2,3)12-7-5-11(6-8-12)13(9-16(21)22)19-17(23)14-10-15(24-4)20-25-14/h5-8,10,13H,9H2,1-4H3,(H,19,23)(H,21,22). The van der Waals surface area contributed by atoms with Gasteiger partial charge in [-0.2, -0.15) is 0 Å². The molecule has 2 rings (SSSR count). The van der Waals surface area contributed by atoms with Gasteiger partial charge in [0.25, 0.3) is 11.8 Å². The highest BCUT2D eigenvalue weighted by Crippen LogP contribution is 2.25. The number of nitrogens with zero attached hydrogens (tertiary/aromatic N) is 1. The molecule has 1 aromatic carbocycles. The number of carboxylic acid groups (broad SMARTS) is 1. The first-order chi connectivity index (χ1) is 11.7. The fourth-order valence-electron chi connectivity index (χ4n) is 2.33. The maximum atomic E-state index is 12.3. The Morgan fingerprint density at radius 3 is 2.40 bits per heavy atom. The van der Waals surface area contributed by atoms with E-state index in [-0.39, 0.29) is 23.5 Å². The molecule has 25 heavy (non-hydrogen) atoms. The summed E-state index contributed by atoms with van der Waals surface area (Å²) in [6, 6.07) is 8.19. The number of carboxylic acids is 1. The topological polar surface area (TPSA) is 102 Å². The number of aromatic nitrogens is 1. The van der Waals surface area contributed by atoms with E-state index >= 15 is 0 Å². The second kappa shape index (κ2) is 7.38. The highest BCUT2D eigenvalue weighted by molar-refractivity contribution is 5.92. The Morgan fingerprint density at radius 2 is 1.92 bits per heavy atom. The number of benzene rings is 1. The zero-order chi connectivity index (χ0) is 18.6. The van der Waals surface area contributed by atoms with Crippen LogP contribution in [0.25, 0.3) is 0 Å². The molecule has 2 N–H and O–H groups in total. The van der Waals surface area contributed by atoms with E-state index in [4.69, 9.17) is 14.4 Å². The van der Waals surface area contributed by atoms with Crippen molar-refractivity contribution in [3.8, 4) is 5.88 Å². The summed E-state index contributed by atoms with van der Waals surface area (Å²) >= 11 is 0. The molecule has 0 aliphatic rings. The lowest BCUT2D eigenvalue weighted by molar-refractivity contribution is -0.137. The van der Waals surface area contributed by atoms with Crippen LogP contribution in [0.1, 0.15) is 54.9 Å². The minimum absolute atomic E-state index is 0.0134. The average molecular weight is 346 g/mol. The summed E-state index contributed by atoms with van der Waals surface area (Å²) in [5.41, 5.74) is 1.81. The predicted molar refractivity (Wildman–Crippen MR) is 90.7 cm³/mol. The van der Waals surface area contributed by atoms with Crippen LogP contribution in [0.2, 0.25) is 0 Å². The van der Waals surface area contributed by atoms with Gasteiger partial charge in [-0.05, 0) is 21.7 Å². The Morgan fingerprint density at radius 1 is 1.28 bits per heavy atom. The van der Waals surface area contributed by atoms with Gasteiger partial charge in [0.2, 0.25) is 5.76 Å². The van der Waals surface area contributed by atoms with Gasteiger partial charge in [0.05, 0.1) is 25.6 Å². The van der Waals surface area contributed by atoms with Gasteiger partial charge in [-0.3, -0.25) is 9.59 Å². The molecule has 1 atom stereocenters. The van der Waals surface area contributed by atoms with Crippen LogP contribution in [0, 0.1) is 0 Å². The monoisotopic (exact) mass is 346 g/mol. The fourth-order valence-corrected chi connectivity index (χ4v) is 2.33. The minimum atomic E-state index is -1.01. The largest absolute Gasteiger partial charge is 0.481 e. The van der Waals surface area contributed by atoms with Crippen molar-refractivity contribution in [3.05, 3.63) is 47.2 Å². The molecule has 0 fully saturated rings. The Balaban J connectivity index is 2.20. The molecule has 1 unspecified atom stereocenters. The number of hydrogen-bond acceptors (Lipinski definition) is 5. The molecular formula is C18H22N2O5. The maximum Gasteiger partial charge on any atom is 0.305 e. The Bertz CT molecular complexity index is 744. The van der Waals surface area contributed by atoms with Gasteiger partial charge >= 0.3 is 5.97 Å². The van der Waals surface area contributed by atoms with E-state index in [1.54, 1.807) is 0 Å². The minimum Gasteiger partial charge on any atom is -0.481 e. The van der Waals surface area contributed by atoms with Gasteiger partial charge in [-0.25, -0.2) is 0 Å². The summed E-state index contributed by atoms with van der Waals surface area (Å²) in [6.45, 7) is 6.28. The lowest BCUT2D eigenvalue weighted by Gasteiger charge is -2.21. The number of hydrogen-bond donors (Lipinski definition) is 2. The lowest BCUT2D eigenvalue weighted by atomic mass is 9.86. The summed E-state index contributed by atoms with van der Waals surface area (Å²) < 4.78 is 9.75. The van der Waals surface area contributed by atoms with E-state index in [1.807, 2.05) is 24.3 Å². The molecule has 2 aromatic rings. The van der Waals surface area contributed by atoms with E-state index < -0.39 is 17.9 Å². The molecule has 7 nitrogen and oxygen atoms in total. The van der Waals surface area contributed by atoms with E-state index in [0.29, 0.717) is 5.56 Å². The highest BCUT2D eigenvalue weighted by atomic mass is 16.5. The summed E-state index contributed by atoms with van der Waals surface area (Å²) in [7, 11) is 1.41. The van der Waals surface area contributed by atoms with Crippen LogP contribution in [-0.2, 0) is 10.2 Å². The normalized spacial score (nSPS) is 12.5. The molecule has 0 aliphatic heterocycles. The van der Waals surface area contributed by atoms with Gasteiger partial charge in [0.1, 0.15) is 0 Å². The van der Waals surface area contributed by atoms with Crippen LogP contribution in [0.4, 0.5) is 0 Å². The number of carbonyl (C=O) groups excluding carboxylic acids is 1. The van der Waals surface area contributed by atoms with E-state index in [0.717, 1.165) is 5.56 Å². The molecule has 1 aromatic heterocycles. The number of amides is 1. The first-order valence-corrected chi connectivity index (χ1v) is 7.84. The van der Waals surface area contributed by atoms with Crippen molar-refractivity contribution < 1.29 is 24.0 Å². The molecule has 7 heteroatoms. The van der Waals surface area contributed by atoms with Gasteiger partial charge in [0, 0.05) is 0 Å². The van der Waals surface area contributed by atoms with Crippen LogP contribution in [0.5, 0.6) is 5.88 Å². The van der Waals surface area contributed by atoms with E-state index in [2.05, 4.69) is 31.2 Å². The van der Waals surface area contributed by atoms with Gasteiger partial charge in [0.15, 0.2) is 0 Å². The number of ether oxygens (including phenoxy) is 1. The first kappa shape index (κ1) is 18.5. The van der Waals surface area contributed by atoms with Crippen molar-refractivity contribution in [2.24, 2.45) is 0 Å². The number of carbonyl (C=O) groups is 2. The fraction of sp³-hybridized carbons (Fsp3) is 0.389. The molecule has 0 saturated carbocycles. The second-order valence-corrected chi connectivity index (χ2v) is 6.73. The number of nitrogens with one attached hydrogen (secondary N) is 1. The SMILES string of the molecule is COc1cc(C(=O)NC(CC(=O)O)c2ccc(C(C)(C)C)cc2)on1. The van der Waals surface area contributed by atoms with Crippen LogP contribution in [0.3, 0.4) is 0 Å². The quantitative estimate of drug-likeness (QED) is 0.834. The Hall–Kier alpha value is -2.83. The summed E-state index contributed by atoms with van der Waals surface area (Å²) in [5.74, 6) is -1.43. The third-order valence-electron chi connectivity index (χ3n) is 3.78. The number of rotatable bonds is 6. The average Bonchev–Trinajstić information content (AvgIpc) is 3.02. The number of aliphatic carboxylic acids is 1. The molecule has 0 radical (unpaired) electrons. The smallest absolute Gasteiger partial charge is 0.305 e. The lowest BCUT2D eigenvalue weighted by Crippen LogP contribution is -2.30. The van der Waals surface area contributed by atoms with E-state index in [9.17, 15) is 9.59 Å². The van der Waals surface area contributed by atoms with Gasteiger partial charge in [-0.15, -0.1) is 0 Å². The molecular weight excluding hydrogens is 324 g/mol. The summed E-state index contributed by atoms with van der Waals surface area (Å²) in [6.07, 6.45) is -0.244. The Labute approximate surface area is 146 Å². The van der Waals surface area contributed by atoms with Crippen LogP contribution >= 0.6 is 0 Å².